The van der Waals surface area contributed by atoms with E-state index in [1.165, 1.54) is 18.2 Å². The van der Waals surface area contributed by atoms with Gasteiger partial charge < -0.3 is 10.1 Å². The van der Waals surface area contributed by atoms with E-state index in [0.717, 1.165) is 0 Å². The molecule has 1 atom stereocenters. The van der Waals surface area contributed by atoms with E-state index in [-0.39, 0.29) is 5.69 Å². The first-order chi connectivity index (χ1) is 7.20. The number of hydrogen-bond donors (Lipinski definition) is 1. The summed E-state index contributed by atoms with van der Waals surface area (Å²) in [5.41, 5.74) is 0.525. The number of halogens is 1. The summed E-state index contributed by atoms with van der Waals surface area (Å²) in [5.74, 6) is 0.453. The van der Waals surface area contributed by atoms with E-state index in [1.807, 2.05) is 0 Å². The van der Waals surface area contributed by atoms with E-state index in [1.54, 1.807) is 0 Å². The van der Waals surface area contributed by atoms with Crippen molar-refractivity contribution in [1.82, 2.24) is 0 Å². The van der Waals surface area contributed by atoms with E-state index in [9.17, 15) is 14.5 Å². The second-order valence-electron chi connectivity index (χ2n) is 3.21. The van der Waals surface area contributed by atoms with Crippen LogP contribution in [0.2, 0.25) is 0 Å². The largest absolute Gasteiger partial charge is 0.484 e. The Balaban J connectivity index is 2.28. The lowest BCUT2D eigenvalue weighted by atomic mass is 10.2. The highest BCUT2D eigenvalue weighted by atomic mass is 19.1. The maximum absolute atomic E-state index is 12.3. The maximum Gasteiger partial charge on any atom is 0.271 e. The molecule has 0 saturated carbocycles. The predicted octanol–water partition coefficient (Wildman–Crippen LogP) is 1.74. The minimum absolute atomic E-state index is 0.0106. The zero-order chi connectivity index (χ0) is 10.8. The van der Waals surface area contributed by atoms with Crippen LogP contribution in [-0.4, -0.2) is 24.2 Å². The van der Waals surface area contributed by atoms with Crippen molar-refractivity contribution in [3.05, 3.63) is 28.3 Å². The third-order valence-corrected chi connectivity index (χ3v) is 2.16. The van der Waals surface area contributed by atoms with Crippen molar-refractivity contribution >= 4 is 11.4 Å². The maximum atomic E-state index is 12.3. The molecular weight excluding hydrogens is 203 g/mol. The molecule has 15 heavy (non-hydrogen) atoms. The summed E-state index contributed by atoms with van der Waals surface area (Å²) in [4.78, 5) is 10.0. The first-order valence-electron chi connectivity index (χ1n) is 4.45. The lowest BCUT2D eigenvalue weighted by Crippen LogP contribution is -2.32. The van der Waals surface area contributed by atoms with Crippen LogP contribution < -0.4 is 10.1 Å². The van der Waals surface area contributed by atoms with Crippen LogP contribution in [0.1, 0.15) is 0 Å². The number of alkyl halides is 1. The van der Waals surface area contributed by atoms with Crippen LogP contribution in [0, 0.1) is 10.1 Å². The van der Waals surface area contributed by atoms with Gasteiger partial charge in [0.25, 0.3) is 5.69 Å². The van der Waals surface area contributed by atoms with Crippen LogP contribution in [0.4, 0.5) is 15.8 Å². The molecule has 0 radical (unpaired) electrons. The molecule has 0 aliphatic carbocycles. The average molecular weight is 212 g/mol. The van der Waals surface area contributed by atoms with Gasteiger partial charge in [-0.05, 0) is 6.07 Å². The summed E-state index contributed by atoms with van der Waals surface area (Å²) in [5, 5.41) is 13.4. The smallest absolute Gasteiger partial charge is 0.271 e. The van der Waals surface area contributed by atoms with Crippen LogP contribution in [0.25, 0.3) is 0 Å². The predicted molar refractivity (Wildman–Crippen MR) is 52.0 cm³/mol. The number of rotatable bonds is 2. The zero-order valence-corrected chi connectivity index (χ0v) is 7.77. The van der Waals surface area contributed by atoms with Crippen LogP contribution >= 0.6 is 0 Å². The Labute approximate surface area is 85.0 Å². The van der Waals surface area contributed by atoms with Gasteiger partial charge in [0.15, 0.2) is 0 Å². The normalized spacial score (nSPS) is 18.6. The van der Waals surface area contributed by atoms with Crippen molar-refractivity contribution in [2.45, 2.75) is 6.10 Å². The summed E-state index contributed by atoms with van der Waals surface area (Å²) in [7, 11) is 0. The van der Waals surface area contributed by atoms with Crippen molar-refractivity contribution in [2.24, 2.45) is 0 Å². The Morgan fingerprint density at radius 1 is 1.67 bits per heavy atom. The van der Waals surface area contributed by atoms with E-state index < -0.39 is 17.7 Å². The van der Waals surface area contributed by atoms with Gasteiger partial charge in [0.1, 0.15) is 18.5 Å². The molecular formula is C9H9FN2O3. The Hall–Kier alpha value is -1.85. The number of nitro benzene ring substituents is 1. The monoisotopic (exact) mass is 212 g/mol. The molecule has 1 aliphatic heterocycles. The Kier molecular flexibility index (Phi) is 2.40. The number of nitrogens with one attached hydrogen (secondary N) is 1. The quantitative estimate of drug-likeness (QED) is 0.599. The van der Waals surface area contributed by atoms with Crippen molar-refractivity contribution in [3.63, 3.8) is 0 Å². The molecule has 1 aromatic rings. The minimum atomic E-state index is -0.580. The summed E-state index contributed by atoms with van der Waals surface area (Å²) in [6.07, 6.45) is -0.515. The first-order valence-corrected chi connectivity index (χ1v) is 4.45. The number of non-ortho nitro benzene ring substituents is 1. The van der Waals surface area contributed by atoms with Gasteiger partial charge in [0.05, 0.1) is 17.2 Å². The van der Waals surface area contributed by atoms with Gasteiger partial charge in [-0.25, -0.2) is 4.39 Å². The zero-order valence-electron chi connectivity index (χ0n) is 7.77. The van der Waals surface area contributed by atoms with Crippen LogP contribution in [-0.2, 0) is 0 Å². The summed E-state index contributed by atoms with van der Waals surface area (Å²) < 4.78 is 17.6. The van der Waals surface area contributed by atoms with Gasteiger partial charge in [-0.3, -0.25) is 10.1 Å². The molecule has 5 nitrogen and oxygen atoms in total. The summed E-state index contributed by atoms with van der Waals surface area (Å²) >= 11 is 0. The van der Waals surface area contributed by atoms with Crippen molar-refractivity contribution in [2.75, 3.05) is 18.5 Å². The Morgan fingerprint density at radius 3 is 3.13 bits per heavy atom. The molecule has 2 rings (SSSR count). The van der Waals surface area contributed by atoms with Crippen molar-refractivity contribution in [3.8, 4) is 5.75 Å². The lowest BCUT2D eigenvalue weighted by molar-refractivity contribution is -0.384. The molecule has 0 aromatic heterocycles. The highest BCUT2D eigenvalue weighted by molar-refractivity contribution is 5.62. The van der Waals surface area contributed by atoms with Crippen LogP contribution in [0.15, 0.2) is 18.2 Å². The number of nitrogens with zero attached hydrogens (tertiary/aromatic N) is 1. The number of ether oxygens (including phenoxy) is 1. The molecule has 6 heteroatoms. The SMILES string of the molecule is O=[N+]([O-])c1ccc2c(c1)NCC(CF)O2. The van der Waals surface area contributed by atoms with Crippen molar-refractivity contribution < 1.29 is 14.1 Å². The van der Waals surface area contributed by atoms with Gasteiger partial charge in [-0.15, -0.1) is 0 Å². The molecule has 0 spiro atoms. The topological polar surface area (TPSA) is 64.4 Å². The Morgan fingerprint density at radius 2 is 2.47 bits per heavy atom. The fourth-order valence-electron chi connectivity index (χ4n) is 1.40. The van der Waals surface area contributed by atoms with E-state index in [0.29, 0.717) is 18.0 Å². The average Bonchev–Trinajstić information content (AvgIpc) is 2.27. The highest BCUT2D eigenvalue weighted by Gasteiger charge is 2.21. The van der Waals surface area contributed by atoms with Gasteiger partial charge in [0.2, 0.25) is 0 Å². The number of fused-ring (bicyclic) bond motifs is 1. The number of nitro groups is 1. The molecule has 0 bridgehead atoms. The molecule has 1 aromatic carbocycles. The molecule has 1 unspecified atom stereocenters. The third kappa shape index (κ3) is 1.83. The molecule has 0 amide bonds. The summed E-state index contributed by atoms with van der Waals surface area (Å²) in [6, 6.07) is 4.19. The molecule has 80 valence electrons. The number of benzene rings is 1. The molecule has 0 fully saturated rings. The van der Waals surface area contributed by atoms with Gasteiger partial charge in [-0.2, -0.15) is 0 Å². The van der Waals surface area contributed by atoms with Gasteiger partial charge >= 0.3 is 0 Å². The molecule has 0 saturated heterocycles. The van der Waals surface area contributed by atoms with Gasteiger partial charge in [0, 0.05) is 12.1 Å². The van der Waals surface area contributed by atoms with Crippen LogP contribution in [0.3, 0.4) is 0 Å². The fourth-order valence-corrected chi connectivity index (χ4v) is 1.40. The minimum Gasteiger partial charge on any atom is -0.484 e. The van der Waals surface area contributed by atoms with E-state index in [2.05, 4.69) is 5.32 Å². The van der Waals surface area contributed by atoms with E-state index >= 15 is 0 Å². The van der Waals surface area contributed by atoms with E-state index in [4.69, 9.17) is 4.74 Å². The first kappa shape index (κ1) is 9.70. The highest BCUT2D eigenvalue weighted by Crippen LogP contribution is 2.32. The van der Waals surface area contributed by atoms with Crippen molar-refractivity contribution in [1.29, 1.82) is 0 Å². The molecule has 1 N–H and O–H groups in total. The number of anilines is 1. The standard InChI is InChI=1S/C9H9FN2O3/c10-4-7-5-11-8-3-6(12(13)14)1-2-9(8)15-7/h1-3,7,11H,4-5H2. The molecule has 1 aliphatic rings. The number of hydrogen-bond acceptors (Lipinski definition) is 4. The van der Waals surface area contributed by atoms with Crippen LogP contribution in [0.5, 0.6) is 5.75 Å². The summed E-state index contributed by atoms with van der Waals surface area (Å²) in [6.45, 7) is -0.256. The second-order valence-corrected chi connectivity index (χ2v) is 3.21. The fraction of sp³-hybridized carbons (Fsp3) is 0.333. The molecule has 1 heterocycles. The van der Waals surface area contributed by atoms with Gasteiger partial charge in [-0.1, -0.05) is 0 Å². The second kappa shape index (κ2) is 3.72. The third-order valence-electron chi connectivity index (χ3n) is 2.16. The lowest BCUT2D eigenvalue weighted by Gasteiger charge is -2.25. The Bertz CT molecular complexity index is 397.